The highest BCUT2D eigenvalue weighted by molar-refractivity contribution is 5.74. The van der Waals surface area contributed by atoms with E-state index in [4.69, 9.17) is 4.74 Å². The first kappa shape index (κ1) is 15.2. The van der Waals surface area contributed by atoms with E-state index < -0.39 is 0 Å². The Balaban J connectivity index is 1.40. The molecule has 2 fully saturated rings. The number of morpholine rings is 1. The van der Waals surface area contributed by atoms with Gasteiger partial charge in [0, 0.05) is 45.0 Å². The molecule has 2 amide bonds. The fourth-order valence-corrected chi connectivity index (χ4v) is 2.99. The summed E-state index contributed by atoms with van der Waals surface area (Å²) >= 11 is 0. The molecule has 3 heterocycles. The van der Waals surface area contributed by atoms with Crippen LogP contribution in [0.15, 0.2) is 24.4 Å². The standard InChI is InChI=1S/C16H24N4O2/c21-16(20-9-11-22-12-10-20)18-14-4-7-19(8-5-14)13-15-3-1-2-6-17-15/h1-3,6,14H,4-5,7-13H2,(H,18,21). The van der Waals surface area contributed by atoms with Gasteiger partial charge in [-0.25, -0.2) is 4.79 Å². The lowest BCUT2D eigenvalue weighted by Gasteiger charge is -2.34. The highest BCUT2D eigenvalue weighted by Gasteiger charge is 2.24. The SMILES string of the molecule is O=C(NC1CCN(Cc2ccccn2)CC1)N1CCOCC1. The van der Waals surface area contributed by atoms with Gasteiger partial charge in [0.25, 0.3) is 0 Å². The van der Waals surface area contributed by atoms with E-state index in [1.165, 1.54) is 0 Å². The largest absolute Gasteiger partial charge is 0.378 e. The third kappa shape index (κ3) is 4.18. The number of hydrogen-bond donors (Lipinski definition) is 1. The second-order valence-corrected chi connectivity index (χ2v) is 5.92. The van der Waals surface area contributed by atoms with Crippen molar-refractivity contribution in [2.45, 2.75) is 25.4 Å². The Morgan fingerprint density at radius 2 is 2.00 bits per heavy atom. The molecule has 0 bridgehead atoms. The number of aromatic nitrogens is 1. The number of piperidine rings is 1. The summed E-state index contributed by atoms with van der Waals surface area (Å²) in [6, 6.07) is 6.38. The van der Waals surface area contributed by atoms with Crippen LogP contribution in [0.25, 0.3) is 0 Å². The first-order valence-electron chi connectivity index (χ1n) is 8.07. The van der Waals surface area contributed by atoms with Gasteiger partial charge in [0.2, 0.25) is 0 Å². The molecular weight excluding hydrogens is 280 g/mol. The second kappa shape index (κ2) is 7.56. The van der Waals surface area contributed by atoms with Crippen molar-refractivity contribution in [3.05, 3.63) is 30.1 Å². The highest BCUT2D eigenvalue weighted by atomic mass is 16.5. The van der Waals surface area contributed by atoms with Gasteiger partial charge >= 0.3 is 6.03 Å². The molecule has 6 nitrogen and oxygen atoms in total. The summed E-state index contributed by atoms with van der Waals surface area (Å²) in [6.45, 7) is 5.60. The second-order valence-electron chi connectivity index (χ2n) is 5.92. The molecule has 22 heavy (non-hydrogen) atoms. The van der Waals surface area contributed by atoms with Gasteiger partial charge in [-0.1, -0.05) is 6.07 Å². The molecule has 1 N–H and O–H groups in total. The van der Waals surface area contributed by atoms with Crippen LogP contribution < -0.4 is 5.32 Å². The van der Waals surface area contributed by atoms with E-state index in [1.54, 1.807) is 0 Å². The maximum Gasteiger partial charge on any atom is 0.317 e. The molecule has 0 saturated carbocycles. The van der Waals surface area contributed by atoms with Crippen LogP contribution in [0, 0.1) is 0 Å². The van der Waals surface area contributed by atoms with Crippen molar-refractivity contribution in [1.82, 2.24) is 20.1 Å². The van der Waals surface area contributed by atoms with Gasteiger partial charge in [-0.05, 0) is 25.0 Å². The van der Waals surface area contributed by atoms with Gasteiger partial charge in [-0.15, -0.1) is 0 Å². The van der Waals surface area contributed by atoms with Crippen molar-refractivity contribution in [1.29, 1.82) is 0 Å². The van der Waals surface area contributed by atoms with E-state index in [0.29, 0.717) is 26.3 Å². The van der Waals surface area contributed by atoms with E-state index in [-0.39, 0.29) is 12.1 Å². The molecule has 3 rings (SSSR count). The molecule has 2 aliphatic rings. The maximum atomic E-state index is 12.2. The normalized spacial score (nSPS) is 20.8. The minimum atomic E-state index is 0.0616. The van der Waals surface area contributed by atoms with Gasteiger partial charge in [0.05, 0.1) is 18.9 Å². The van der Waals surface area contributed by atoms with Crippen LogP contribution in [0.5, 0.6) is 0 Å². The third-order valence-corrected chi connectivity index (χ3v) is 4.33. The highest BCUT2D eigenvalue weighted by Crippen LogP contribution is 2.13. The molecule has 0 atom stereocenters. The van der Waals surface area contributed by atoms with Crippen LogP contribution >= 0.6 is 0 Å². The van der Waals surface area contributed by atoms with Crippen LogP contribution in [0.1, 0.15) is 18.5 Å². The molecule has 6 heteroatoms. The van der Waals surface area contributed by atoms with Crippen molar-refractivity contribution >= 4 is 6.03 Å². The molecule has 0 radical (unpaired) electrons. The van der Waals surface area contributed by atoms with Crippen LogP contribution in [0.3, 0.4) is 0 Å². The third-order valence-electron chi connectivity index (χ3n) is 4.33. The Morgan fingerprint density at radius 3 is 2.68 bits per heavy atom. The van der Waals surface area contributed by atoms with Crippen LogP contribution in [-0.4, -0.2) is 66.2 Å². The summed E-state index contributed by atoms with van der Waals surface area (Å²) in [5.74, 6) is 0. The predicted octanol–water partition coefficient (Wildman–Crippen LogP) is 1.09. The number of pyridine rings is 1. The zero-order valence-corrected chi connectivity index (χ0v) is 12.9. The zero-order chi connectivity index (χ0) is 15.2. The topological polar surface area (TPSA) is 57.7 Å². The van der Waals surface area contributed by atoms with Crippen LogP contribution in [0.2, 0.25) is 0 Å². The number of carbonyl (C=O) groups is 1. The minimum absolute atomic E-state index is 0.0616. The number of carbonyl (C=O) groups excluding carboxylic acids is 1. The Morgan fingerprint density at radius 1 is 1.23 bits per heavy atom. The molecule has 2 saturated heterocycles. The first-order chi connectivity index (χ1) is 10.8. The Kier molecular flexibility index (Phi) is 5.24. The molecule has 0 unspecified atom stereocenters. The molecule has 0 aliphatic carbocycles. The molecule has 1 aromatic rings. The van der Waals surface area contributed by atoms with Gasteiger partial charge < -0.3 is 15.0 Å². The average Bonchev–Trinajstić information content (AvgIpc) is 2.58. The average molecular weight is 304 g/mol. The molecule has 120 valence electrons. The van der Waals surface area contributed by atoms with Gasteiger partial charge in [-0.2, -0.15) is 0 Å². The minimum Gasteiger partial charge on any atom is -0.378 e. The summed E-state index contributed by atoms with van der Waals surface area (Å²) in [5.41, 5.74) is 1.11. The summed E-state index contributed by atoms with van der Waals surface area (Å²) in [5, 5.41) is 3.16. The Hall–Kier alpha value is -1.66. The molecule has 1 aromatic heterocycles. The fourth-order valence-electron chi connectivity index (χ4n) is 2.99. The van der Waals surface area contributed by atoms with Crippen LogP contribution in [0.4, 0.5) is 4.79 Å². The number of amides is 2. The van der Waals surface area contributed by atoms with Crippen LogP contribution in [-0.2, 0) is 11.3 Å². The zero-order valence-electron chi connectivity index (χ0n) is 12.9. The van der Waals surface area contributed by atoms with Crippen molar-refractivity contribution in [3.8, 4) is 0 Å². The van der Waals surface area contributed by atoms with E-state index in [9.17, 15) is 4.79 Å². The number of likely N-dealkylation sites (tertiary alicyclic amines) is 1. The van der Waals surface area contributed by atoms with Crippen molar-refractivity contribution in [2.24, 2.45) is 0 Å². The number of hydrogen-bond acceptors (Lipinski definition) is 4. The lowest BCUT2D eigenvalue weighted by atomic mass is 10.0. The smallest absolute Gasteiger partial charge is 0.317 e. The fraction of sp³-hybridized carbons (Fsp3) is 0.625. The Bertz CT molecular complexity index is 468. The number of rotatable bonds is 3. The first-order valence-corrected chi connectivity index (χ1v) is 8.07. The molecule has 0 aromatic carbocycles. The van der Waals surface area contributed by atoms with Crippen molar-refractivity contribution in [2.75, 3.05) is 39.4 Å². The van der Waals surface area contributed by atoms with Crippen molar-refractivity contribution in [3.63, 3.8) is 0 Å². The quantitative estimate of drug-likeness (QED) is 0.908. The molecule has 0 spiro atoms. The van der Waals surface area contributed by atoms with Crippen molar-refractivity contribution < 1.29 is 9.53 Å². The van der Waals surface area contributed by atoms with Gasteiger partial charge in [0.15, 0.2) is 0 Å². The molecular formula is C16H24N4O2. The summed E-state index contributed by atoms with van der Waals surface area (Å²) < 4.78 is 5.28. The Labute approximate surface area is 131 Å². The number of urea groups is 1. The lowest BCUT2D eigenvalue weighted by Crippen LogP contribution is -2.51. The number of nitrogens with one attached hydrogen (secondary N) is 1. The number of nitrogens with zero attached hydrogens (tertiary/aromatic N) is 3. The van der Waals surface area contributed by atoms with Gasteiger partial charge in [0.1, 0.15) is 0 Å². The predicted molar refractivity (Wildman–Crippen MR) is 83.5 cm³/mol. The number of ether oxygens (including phenoxy) is 1. The van der Waals surface area contributed by atoms with E-state index >= 15 is 0 Å². The van der Waals surface area contributed by atoms with E-state index in [0.717, 1.165) is 38.2 Å². The maximum absolute atomic E-state index is 12.2. The van der Waals surface area contributed by atoms with Gasteiger partial charge in [-0.3, -0.25) is 9.88 Å². The summed E-state index contributed by atoms with van der Waals surface area (Å²) in [4.78, 5) is 20.8. The van der Waals surface area contributed by atoms with E-state index in [1.807, 2.05) is 23.2 Å². The monoisotopic (exact) mass is 304 g/mol. The summed E-state index contributed by atoms with van der Waals surface area (Å²) in [7, 11) is 0. The molecule has 2 aliphatic heterocycles. The summed E-state index contributed by atoms with van der Waals surface area (Å²) in [6.07, 6.45) is 3.84. The van der Waals surface area contributed by atoms with E-state index in [2.05, 4.69) is 21.3 Å². The lowest BCUT2D eigenvalue weighted by molar-refractivity contribution is 0.0516.